The largest absolute Gasteiger partial charge is 0.507 e. The Morgan fingerprint density at radius 1 is 0.960 bits per heavy atom. The molecular formula is C20H20F3NO. The van der Waals surface area contributed by atoms with E-state index in [0.29, 0.717) is 17.2 Å². The van der Waals surface area contributed by atoms with Gasteiger partial charge in [0.05, 0.1) is 11.3 Å². The predicted octanol–water partition coefficient (Wildman–Crippen LogP) is 6.21. The van der Waals surface area contributed by atoms with Crippen LogP contribution in [0.1, 0.15) is 54.7 Å². The van der Waals surface area contributed by atoms with E-state index in [1.807, 2.05) is 12.1 Å². The van der Waals surface area contributed by atoms with Crippen molar-refractivity contribution in [1.82, 2.24) is 0 Å². The van der Waals surface area contributed by atoms with Gasteiger partial charge in [-0.15, -0.1) is 0 Å². The first-order chi connectivity index (χ1) is 11.9. The average Bonchev–Trinajstić information content (AvgIpc) is 2.61. The van der Waals surface area contributed by atoms with Crippen LogP contribution in [-0.2, 0) is 6.18 Å². The molecule has 1 aliphatic carbocycles. The molecule has 0 aromatic heterocycles. The first kappa shape index (κ1) is 17.5. The first-order valence-corrected chi connectivity index (χ1v) is 8.48. The zero-order valence-electron chi connectivity index (χ0n) is 13.8. The van der Waals surface area contributed by atoms with Crippen molar-refractivity contribution in [3.8, 4) is 5.75 Å². The molecule has 0 heterocycles. The van der Waals surface area contributed by atoms with Crippen LogP contribution in [0.3, 0.4) is 0 Å². The van der Waals surface area contributed by atoms with Crippen LogP contribution in [0.15, 0.2) is 47.5 Å². The summed E-state index contributed by atoms with van der Waals surface area (Å²) in [4.78, 5) is 4.19. The number of halogens is 3. The number of alkyl halides is 3. The maximum absolute atomic E-state index is 12.6. The predicted molar refractivity (Wildman–Crippen MR) is 92.6 cm³/mol. The Bertz CT molecular complexity index is 745. The van der Waals surface area contributed by atoms with E-state index in [9.17, 15) is 18.3 Å². The van der Waals surface area contributed by atoms with Gasteiger partial charge in [-0.05, 0) is 54.7 Å². The van der Waals surface area contributed by atoms with Crippen molar-refractivity contribution in [3.63, 3.8) is 0 Å². The summed E-state index contributed by atoms with van der Waals surface area (Å²) >= 11 is 0. The van der Waals surface area contributed by atoms with Crippen molar-refractivity contribution in [3.05, 3.63) is 59.2 Å². The lowest BCUT2D eigenvalue weighted by atomic mass is 9.83. The molecule has 0 atom stereocenters. The summed E-state index contributed by atoms with van der Waals surface area (Å²) in [6.07, 6.45) is 2.90. The van der Waals surface area contributed by atoms with Gasteiger partial charge in [-0.3, -0.25) is 4.99 Å². The van der Waals surface area contributed by atoms with Gasteiger partial charge in [0.25, 0.3) is 0 Å². The van der Waals surface area contributed by atoms with E-state index in [0.717, 1.165) is 30.5 Å². The Kier molecular flexibility index (Phi) is 5.11. The fraction of sp³-hybridized carbons (Fsp3) is 0.350. The maximum Gasteiger partial charge on any atom is 0.416 e. The van der Waals surface area contributed by atoms with E-state index in [2.05, 4.69) is 4.99 Å². The molecule has 3 rings (SSSR count). The number of aliphatic imine (C=N–C) groups is 1. The van der Waals surface area contributed by atoms with E-state index in [1.54, 1.807) is 6.07 Å². The summed E-state index contributed by atoms with van der Waals surface area (Å²) in [5.41, 5.74) is 1.24. The van der Waals surface area contributed by atoms with Crippen LogP contribution in [0.4, 0.5) is 18.9 Å². The summed E-state index contributed by atoms with van der Waals surface area (Å²) in [7, 11) is 0. The maximum atomic E-state index is 12.6. The van der Waals surface area contributed by atoms with Crippen LogP contribution in [0.5, 0.6) is 5.75 Å². The summed E-state index contributed by atoms with van der Waals surface area (Å²) < 4.78 is 37.7. The van der Waals surface area contributed by atoms with Crippen molar-refractivity contribution in [2.75, 3.05) is 0 Å². The summed E-state index contributed by atoms with van der Waals surface area (Å²) in [5.74, 6) is 0.596. The fourth-order valence-corrected chi connectivity index (χ4v) is 3.31. The van der Waals surface area contributed by atoms with E-state index < -0.39 is 11.7 Å². The SMILES string of the molecule is Oc1c(C=Nc2ccc(C(F)(F)F)cc2)cccc1C1CCCCC1. The molecule has 5 heteroatoms. The molecule has 0 unspecified atom stereocenters. The highest BCUT2D eigenvalue weighted by molar-refractivity contribution is 5.86. The second-order valence-electron chi connectivity index (χ2n) is 6.42. The molecule has 0 radical (unpaired) electrons. The molecule has 0 bridgehead atoms. The molecule has 1 N–H and O–H groups in total. The number of hydrogen-bond acceptors (Lipinski definition) is 2. The molecule has 25 heavy (non-hydrogen) atoms. The Morgan fingerprint density at radius 3 is 2.28 bits per heavy atom. The minimum absolute atomic E-state index is 0.227. The third-order valence-corrected chi connectivity index (χ3v) is 4.69. The molecule has 132 valence electrons. The van der Waals surface area contributed by atoms with Crippen molar-refractivity contribution in [2.45, 2.75) is 44.2 Å². The highest BCUT2D eigenvalue weighted by atomic mass is 19.4. The van der Waals surface area contributed by atoms with Crippen LogP contribution in [0, 0.1) is 0 Å². The monoisotopic (exact) mass is 347 g/mol. The van der Waals surface area contributed by atoms with Crippen molar-refractivity contribution < 1.29 is 18.3 Å². The second kappa shape index (κ2) is 7.30. The second-order valence-corrected chi connectivity index (χ2v) is 6.42. The Labute approximate surface area is 145 Å². The minimum Gasteiger partial charge on any atom is -0.507 e. The Hall–Kier alpha value is -2.30. The quantitative estimate of drug-likeness (QED) is 0.658. The van der Waals surface area contributed by atoms with Crippen molar-refractivity contribution >= 4 is 11.9 Å². The molecule has 0 saturated heterocycles. The molecule has 2 aromatic rings. The molecule has 1 saturated carbocycles. The van der Waals surface area contributed by atoms with Gasteiger partial charge >= 0.3 is 6.18 Å². The van der Waals surface area contributed by atoms with Gasteiger partial charge in [-0.2, -0.15) is 13.2 Å². The molecule has 0 amide bonds. The molecule has 0 spiro atoms. The zero-order valence-corrected chi connectivity index (χ0v) is 13.8. The third kappa shape index (κ3) is 4.21. The summed E-state index contributed by atoms with van der Waals surface area (Å²) in [6, 6.07) is 10.2. The normalized spacial score (nSPS) is 16.4. The smallest absolute Gasteiger partial charge is 0.416 e. The van der Waals surface area contributed by atoms with Gasteiger partial charge in [-0.25, -0.2) is 0 Å². The van der Waals surface area contributed by atoms with E-state index >= 15 is 0 Å². The van der Waals surface area contributed by atoms with Gasteiger partial charge < -0.3 is 5.11 Å². The highest BCUT2D eigenvalue weighted by Crippen LogP contribution is 2.38. The number of para-hydroxylation sites is 1. The lowest BCUT2D eigenvalue weighted by Crippen LogP contribution is -2.05. The van der Waals surface area contributed by atoms with Crippen LogP contribution in [0.2, 0.25) is 0 Å². The lowest BCUT2D eigenvalue weighted by Gasteiger charge is -2.23. The first-order valence-electron chi connectivity index (χ1n) is 8.48. The number of phenolic OH excluding ortho intramolecular Hbond substituents is 1. The van der Waals surface area contributed by atoms with E-state index in [4.69, 9.17) is 0 Å². The minimum atomic E-state index is -4.35. The summed E-state index contributed by atoms with van der Waals surface area (Å²) in [6.45, 7) is 0. The fourth-order valence-electron chi connectivity index (χ4n) is 3.31. The average molecular weight is 347 g/mol. The number of benzene rings is 2. The van der Waals surface area contributed by atoms with Gasteiger partial charge in [0.2, 0.25) is 0 Å². The molecular weight excluding hydrogens is 327 g/mol. The van der Waals surface area contributed by atoms with E-state index in [-0.39, 0.29) is 5.75 Å². The molecule has 0 aliphatic heterocycles. The topological polar surface area (TPSA) is 32.6 Å². The Morgan fingerprint density at radius 2 is 1.64 bits per heavy atom. The molecule has 2 nitrogen and oxygen atoms in total. The number of hydrogen-bond donors (Lipinski definition) is 1. The zero-order chi connectivity index (χ0) is 17.9. The Balaban J connectivity index is 1.79. The highest BCUT2D eigenvalue weighted by Gasteiger charge is 2.29. The van der Waals surface area contributed by atoms with Crippen LogP contribution in [-0.4, -0.2) is 11.3 Å². The van der Waals surface area contributed by atoms with Crippen LogP contribution in [0.25, 0.3) is 0 Å². The third-order valence-electron chi connectivity index (χ3n) is 4.69. The van der Waals surface area contributed by atoms with Crippen LogP contribution < -0.4 is 0 Å². The number of phenols is 1. The van der Waals surface area contributed by atoms with Crippen molar-refractivity contribution in [1.29, 1.82) is 0 Å². The molecule has 1 aliphatic rings. The van der Waals surface area contributed by atoms with Gasteiger partial charge in [0.15, 0.2) is 0 Å². The number of aromatic hydroxyl groups is 1. The number of rotatable bonds is 3. The van der Waals surface area contributed by atoms with Gasteiger partial charge in [0.1, 0.15) is 5.75 Å². The van der Waals surface area contributed by atoms with E-state index in [1.165, 1.54) is 37.6 Å². The lowest BCUT2D eigenvalue weighted by molar-refractivity contribution is -0.137. The van der Waals surface area contributed by atoms with Gasteiger partial charge in [-0.1, -0.05) is 31.4 Å². The van der Waals surface area contributed by atoms with Gasteiger partial charge in [0, 0.05) is 11.8 Å². The standard InChI is InChI=1S/C20H20F3NO/c21-20(22,23)16-9-11-17(12-10-16)24-13-15-7-4-8-18(19(15)25)14-5-2-1-3-6-14/h4,7-14,25H,1-3,5-6H2. The van der Waals surface area contributed by atoms with Crippen molar-refractivity contribution in [2.24, 2.45) is 4.99 Å². The molecule has 2 aromatic carbocycles. The molecule has 1 fully saturated rings. The number of nitrogens with zero attached hydrogens (tertiary/aromatic N) is 1. The summed E-state index contributed by atoms with van der Waals surface area (Å²) in [5, 5.41) is 10.5. The van der Waals surface area contributed by atoms with Crippen LogP contribution >= 0.6 is 0 Å².